The van der Waals surface area contributed by atoms with E-state index in [1.165, 1.54) is 0 Å². The van der Waals surface area contributed by atoms with Crippen molar-refractivity contribution in [3.63, 3.8) is 0 Å². The molecule has 110 valence electrons. The molecule has 1 heterocycles. The number of nitrogens with zero attached hydrogens (tertiary/aromatic N) is 1. The first-order valence-corrected chi connectivity index (χ1v) is 7.98. The summed E-state index contributed by atoms with van der Waals surface area (Å²) in [4.78, 5) is 26.7. The molecule has 0 radical (unpaired) electrons. The van der Waals surface area contributed by atoms with Gasteiger partial charge in [0.1, 0.15) is 5.70 Å². The van der Waals surface area contributed by atoms with E-state index in [9.17, 15) is 9.59 Å². The molecule has 1 fully saturated rings. The third kappa shape index (κ3) is 2.76. The average molecular weight is 310 g/mol. The summed E-state index contributed by atoms with van der Waals surface area (Å²) in [6.45, 7) is 0. The van der Waals surface area contributed by atoms with E-state index >= 15 is 0 Å². The van der Waals surface area contributed by atoms with Gasteiger partial charge in [-0.2, -0.15) is 0 Å². The normalized spacial score (nSPS) is 16.2. The molecule has 22 heavy (non-hydrogen) atoms. The topological polar surface area (TPSA) is 49.4 Å². The molecule has 0 saturated carbocycles. The summed E-state index contributed by atoms with van der Waals surface area (Å²) in [6.07, 6.45) is 3.69. The molecule has 0 atom stereocenters. The van der Waals surface area contributed by atoms with Crippen molar-refractivity contribution in [3.8, 4) is 0 Å². The molecule has 1 aliphatic rings. The van der Waals surface area contributed by atoms with Crippen molar-refractivity contribution in [1.29, 1.82) is 0 Å². The van der Waals surface area contributed by atoms with Crippen LogP contribution in [0.5, 0.6) is 0 Å². The van der Waals surface area contributed by atoms with Crippen LogP contribution in [0.3, 0.4) is 0 Å². The molecule has 1 aliphatic heterocycles. The van der Waals surface area contributed by atoms with E-state index in [0.717, 1.165) is 15.4 Å². The lowest BCUT2D eigenvalue weighted by atomic mass is 10.2. The number of carbonyl (C=O) groups is 2. The second-order valence-corrected chi connectivity index (χ2v) is 5.62. The molecule has 0 bridgehead atoms. The Labute approximate surface area is 132 Å². The van der Waals surface area contributed by atoms with Crippen LogP contribution in [0.15, 0.2) is 65.2 Å². The number of amides is 3. The highest BCUT2D eigenvalue weighted by molar-refractivity contribution is 7.98. The fraction of sp³-hybridized carbons (Fsp3) is 0.0588. The summed E-state index contributed by atoms with van der Waals surface area (Å²) >= 11 is 1.65. The van der Waals surface area contributed by atoms with Gasteiger partial charge in [0.2, 0.25) is 0 Å². The number of para-hydroxylation sites is 1. The van der Waals surface area contributed by atoms with E-state index in [4.69, 9.17) is 0 Å². The zero-order valence-electron chi connectivity index (χ0n) is 11.9. The van der Waals surface area contributed by atoms with E-state index in [1.54, 1.807) is 42.1 Å². The maximum atomic E-state index is 12.4. The molecule has 2 aromatic carbocycles. The molecule has 1 N–H and O–H groups in total. The Morgan fingerprint density at radius 2 is 1.68 bits per heavy atom. The zero-order chi connectivity index (χ0) is 15.5. The molecular weight excluding hydrogens is 296 g/mol. The second-order valence-electron chi connectivity index (χ2n) is 4.74. The van der Waals surface area contributed by atoms with Gasteiger partial charge in [-0.25, -0.2) is 9.69 Å². The van der Waals surface area contributed by atoms with Gasteiger partial charge in [0.05, 0.1) is 5.69 Å². The van der Waals surface area contributed by atoms with E-state index in [1.807, 2.05) is 36.6 Å². The summed E-state index contributed by atoms with van der Waals surface area (Å²) in [5, 5.41) is 2.62. The quantitative estimate of drug-likeness (QED) is 0.536. The van der Waals surface area contributed by atoms with Gasteiger partial charge < -0.3 is 5.32 Å². The van der Waals surface area contributed by atoms with E-state index < -0.39 is 6.03 Å². The van der Waals surface area contributed by atoms with E-state index in [-0.39, 0.29) is 11.6 Å². The lowest BCUT2D eigenvalue weighted by molar-refractivity contribution is -0.113. The van der Waals surface area contributed by atoms with Crippen molar-refractivity contribution in [2.45, 2.75) is 4.90 Å². The van der Waals surface area contributed by atoms with Crippen molar-refractivity contribution in [3.05, 3.63) is 65.9 Å². The molecule has 4 nitrogen and oxygen atoms in total. The number of anilines is 1. The lowest BCUT2D eigenvalue weighted by Gasteiger charge is -2.10. The van der Waals surface area contributed by atoms with Crippen LogP contribution < -0.4 is 10.2 Å². The number of thioether (sulfide) groups is 1. The van der Waals surface area contributed by atoms with Gasteiger partial charge in [0.15, 0.2) is 0 Å². The van der Waals surface area contributed by atoms with Crippen LogP contribution in [0.25, 0.3) is 6.08 Å². The van der Waals surface area contributed by atoms with Crippen LogP contribution in [-0.4, -0.2) is 18.2 Å². The Morgan fingerprint density at radius 3 is 2.32 bits per heavy atom. The maximum Gasteiger partial charge on any atom is 0.333 e. The summed E-state index contributed by atoms with van der Waals surface area (Å²) < 4.78 is 0. The molecule has 5 heteroatoms. The summed E-state index contributed by atoms with van der Waals surface area (Å²) in [6, 6.07) is 16.3. The smallest absolute Gasteiger partial charge is 0.302 e. The van der Waals surface area contributed by atoms with Crippen LogP contribution in [0.4, 0.5) is 10.5 Å². The Hall–Kier alpha value is -2.53. The summed E-state index contributed by atoms with van der Waals surface area (Å²) in [5.74, 6) is -0.342. The molecule has 0 aromatic heterocycles. The third-order valence-electron chi connectivity index (χ3n) is 3.32. The van der Waals surface area contributed by atoms with Crippen LogP contribution in [0.1, 0.15) is 5.56 Å². The van der Waals surface area contributed by atoms with Crippen molar-refractivity contribution >= 4 is 35.5 Å². The summed E-state index contributed by atoms with van der Waals surface area (Å²) in [7, 11) is 0. The molecule has 3 rings (SSSR count). The Morgan fingerprint density at radius 1 is 1.00 bits per heavy atom. The highest BCUT2D eigenvalue weighted by atomic mass is 32.2. The minimum atomic E-state index is -0.428. The second kappa shape index (κ2) is 6.07. The number of nitrogens with one attached hydrogen (secondary N) is 1. The van der Waals surface area contributed by atoms with Gasteiger partial charge >= 0.3 is 6.03 Å². The first-order valence-electron chi connectivity index (χ1n) is 6.75. The number of carbonyl (C=O) groups excluding carboxylic acids is 2. The number of rotatable bonds is 3. The van der Waals surface area contributed by atoms with Crippen molar-refractivity contribution < 1.29 is 9.59 Å². The Kier molecular flexibility index (Phi) is 3.98. The van der Waals surface area contributed by atoms with Gasteiger partial charge in [0, 0.05) is 4.90 Å². The van der Waals surface area contributed by atoms with Crippen LogP contribution in [0, 0.1) is 0 Å². The van der Waals surface area contributed by atoms with Gasteiger partial charge in [-0.1, -0.05) is 30.3 Å². The number of benzene rings is 2. The number of urea groups is 1. The van der Waals surface area contributed by atoms with Gasteiger partial charge in [0.25, 0.3) is 5.91 Å². The fourth-order valence-corrected chi connectivity index (χ4v) is 2.62. The number of hydrogen-bond acceptors (Lipinski definition) is 3. The molecule has 2 aromatic rings. The predicted molar refractivity (Wildman–Crippen MR) is 88.7 cm³/mol. The minimum Gasteiger partial charge on any atom is -0.302 e. The minimum absolute atomic E-state index is 0.283. The standard InChI is InChI=1S/C17H14N2O2S/c1-22-14-9-7-12(8-10-14)11-15-16(20)19(17(21)18-15)13-5-3-2-4-6-13/h2-11H,1H3,(H,18,21)/b15-11-. The molecule has 0 unspecified atom stereocenters. The van der Waals surface area contributed by atoms with Gasteiger partial charge in [-0.15, -0.1) is 11.8 Å². The van der Waals surface area contributed by atoms with Crippen molar-refractivity contribution in [2.24, 2.45) is 0 Å². The monoisotopic (exact) mass is 310 g/mol. The van der Waals surface area contributed by atoms with Gasteiger partial charge in [-0.3, -0.25) is 4.79 Å². The molecule has 0 aliphatic carbocycles. The summed E-state index contributed by atoms with van der Waals surface area (Å²) in [5.41, 5.74) is 1.72. The largest absolute Gasteiger partial charge is 0.333 e. The SMILES string of the molecule is CSc1ccc(/C=C2\NC(=O)N(c3ccccc3)C2=O)cc1. The number of imide groups is 1. The maximum absolute atomic E-state index is 12.4. The number of hydrogen-bond donors (Lipinski definition) is 1. The predicted octanol–water partition coefficient (Wildman–Crippen LogP) is 3.51. The average Bonchev–Trinajstić information content (AvgIpc) is 2.83. The Balaban J connectivity index is 1.88. The fourth-order valence-electron chi connectivity index (χ4n) is 2.21. The highest BCUT2D eigenvalue weighted by Gasteiger charge is 2.34. The first kappa shape index (κ1) is 14.4. The highest BCUT2D eigenvalue weighted by Crippen LogP contribution is 2.22. The van der Waals surface area contributed by atoms with Gasteiger partial charge in [-0.05, 0) is 42.2 Å². The van der Waals surface area contributed by atoms with Crippen LogP contribution >= 0.6 is 11.8 Å². The van der Waals surface area contributed by atoms with Crippen molar-refractivity contribution in [2.75, 3.05) is 11.2 Å². The first-order chi connectivity index (χ1) is 10.7. The molecular formula is C17H14N2O2S. The Bertz CT molecular complexity index is 739. The zero-order valence-corrected chi connectivity index (χ0v) is 12.8. The van der Waals surface area contributed by atoms with Crippen molar-refractivity contribution in [1.82, 2.24) is 5.32 Å². The van der Waals surface area contributed by atoms with Crippen LogP contribution in [-0.2, 0) is 4.79 Å². The van der Waals surface area contributed by atoms with Crippen LogP contribution in [0.2, 0.25) is 0 Å². The third-order valence-corrected chi connectivity index (χ3v) is 4.06. The van der Waals surface area contributed by atoms with E-state index in [0.29, 0.717) is 5.69 Å². The molecule has 0 spiro atoms. The lowest BCUT2D eigenvalue weighted by Crippen LogP contribution is -2.30. The van der Waals surface area contributed by atoms with E-state index in [2.05, 4.69) is 5.32 Å². The molecule has 1 saturated heterocycles. The molecule has 3 amide bonds.